The standard InChI is InChI=1S/C33H38N2O10/c1-20(38)28(31(40)34-11-12-36)35-30(39)25-16-26(43-32(41)22-8-6-21(7-9-22)10-14-42-15-13-37)29-27(17-25)44-33(45-29)18-23-4-2-3-5-24(23)19-33/h2-10,14,17,20,26-29,36-38H,11-13,15-16,18-19H2,1H3,(H,34,40)(H,35,39)/t20-,26+,27+,28+,29-/m0/s1. The first-order chi connectivity index (χ1) is 21.7. The minimum atomic E-state index is -1.28. The molecule has 1 heterocycles. The van der Waals surface area contributed by atoms with Crippen LogP contribution in [-0.4, -0.2) is 95.7 Å². The molecular weight excluding hydrogens is 584 g/mol. The zero-order valence-electron chi connectivity index (χ0n) is 24.9. The second kappa shape index (κ2) is 14.4. The van der Waals surface area contributed by atoms with Gasteiger partial charge in [-0.15, -0.1) is 0 Å². The van der Waals surface area contributed by atoms with Crippen molar-refractivity contribution in [2.75, 3.05) is 26.4 Å². The Morgan fingerprint density at radius 1 is 1.04 bits per heavy atom. The molecule has 2 aromatic carbocycles. The van der Waals surface area contributed by atoms with Gasteiger partial charge in [0.15, 0.2) is 5.79 Å². The number of carbonyl (C=O) groups excluding carboxylic acids is 3. The largest absolute Gasteiger partial charge is 0.499 e. The van der Waals surface area contributed by atoms with Crippen molar-refractivity contribution in [3.05, 3.63) is 88.7 Å². The van der Waals surface area contributed by atoms with E-state index in [0.717, 1.165) is 16.7 Å². The highest BCUT2D eigenvalue weighted by Gasteiger charge is 2.55. The predicted octanol–water partition coefficient (Wildman–Crippen LogP) is 0.775. The maximum Gasteiger partial charge on any atom is 0.338 e. The van der Waals surface area contributed by atoms with Crippen LogP contribution in [0.1, 0.15) is 40.4 Å². The molecular formula is C33H38N2O10. The number of aliphatic hydroxyl groups is 3. The molecule has 5 N–H and O–H groups in total. The molecule has 0 saturated carbocycles. The molecule has 0 aromatic heterocycles. The van der Waals surface area contributed by atoms with Crippen molar-refractivity contribution in [3.8, 4) is 0 Å². The second-order valence-electron chi connectivity index (χ2n) is 11.3. The van der Waals surface area contributed by atoms with E-state index in [1.54, 1.807) is 36.4 Å². The minimum absolute atomic E-state index is 0.0149. The monoisotopic (exact) mass is 622 g/mol. The molecule has 12 heteroatoms. The maximum atomic E-state index is 13.4. The van der Waals surface area contributed by atoms with Crippen LogP contribution in [0, 0.1) is 0 Å². The molecule has 12 nitrogen and oxygen atoms in total. The average Bonchev–Trinajstić information content (AvgIpc) is 3.58. The number of aliphatic hydroxyl groups excluding tert-OH is 3. The molecule has 5 atom stereocenters. The normalized spacial score (nSPS) is 22.7. The lowest BCUT2D eigenvalue weighted by Gasteiger charge is -2.31. The average molecular weight is 623 g/mol. The van der Waals surface area contributed by atoms with Gasteiger partial charge in [0.05, 0.1) is 31.1 Å². The van der Waals surface area contributed by atoms with Gasteiger partial charge in [-0.05, 0) is 47.9 Å². The summed E-state index contributed by atoms with van der Waals surface area (Å²) in [7, 11) is 0. The van der Waals surface area contributed by atoms with Crippen molar-refractivity contribution in [2.24, 2.45) is 0 Å². The van der Waals surface area contributed by atoms with Gasteiger partial charge in [-0.1, -0.05) is 36.4 Å². The van der Waals surface area contributed by atoms with Crippen LogP contribution in [0.25, 0.3) is 6.08 Å². The van der Waals surface area contributed by atoms with E-state index in [9.17, 15) is 19.5 Å². The molecule has 0 radical (unpaired) electrons. The molecule has 2 amide bonds. The van der Waals surface area contributed by atoms with E-state index in [1.807, 2.05) is 24.3 Å². The third-order valence-corrected chi connectivity index (χ3v) is 7.94. The predicted molar refractivity (Wildman–Crippen MR) is 160 cm³/mol. The van der Waals surface area contributed by atoms with Crippen molar-refractivity contribution >= 4 is 23.9 Å². The summed E-state index contributed by atoms with van der Waals surface area (Å²) in [4.78, 5) is 39.3. The molecule has 3 aliphatic rings. The third kappa shape index (κ3) is 7.60. The lowest BCUT2D eigenvalue weighted by molar-refractivity contribution is -0.172. The van der Waals surface area contributed by atoms with Gasteiger partial charge < -0.3 is 44.9 Å². The zero-order chi connectivity index (χ0) is 32.0. The quantitative estimate of drug-likeness (QED) is 0.129. The first-order valence-corrected chi connectivity index (χ1v) is 14.9. The molecule has 1 saturated heterocycles. The van der Waals surface area contributed by atoms with Gasteiger partial charge >= 0.3 is 5.97 Å². The number of hydrogen-bond acceptors (Lipinski definition) is 10. The summed E-state index contributed by atoms with van der Waals surface area (Å²) in [5.74, 6) is -2.87. The molecule has 45 heavy (non-hydrogen) atoms. The first kappa shape index (κ1) is 32.3. The third-order valence-electron chi connectivity index (χ3n) is 7.94. The summed E-state index contributed by atoms with van der Waals surface area (Å²) in [6, 6.07) is 13.3. The van der Waals surface area contributed by atoms with Crippen molar-refractivity contribution in [2.45, 2.75) is 62.4 Å². The molecule has 1 aliphatic heterocycles. The number of rotatable bonds is 12. The lowest BCUT2D eigenvalue weighted by Crippen LogP contribution is -2.54. The minimum Gasteiger partial charge on any atom is -0.499 e. The molecule has 2 aromatic rings. The SMILES string of the molecule is C[C@H](O)[C@@H](NC(=O)C1=C[C@H]2OC3(Cc4ccccc4C3)O[C@H]2[C@H](OC(=O)c2ccc(C=COCCO)cc2)C1)C(=O)NCCO. The number of carbonyl (C=O) groups is 3. The van der Waals surface area contributed by atoms with Crippen molar-refractivity contribution in [3.63, 3.8) is 0 Å². The molecule has 240 valence electrons. The smallest absolute Gasteiger partial charge is 0.338 e. The van der Waals surface area contributed by atoms with Gasteiger partial charge in [0.1, 0.15) is 31.0 Å². The van der Waals surface area contributed by atoms with Gasteiger partial charge in [-0.2, -0.15) is 0 Å². The number of hydrogen-bond donors (Lipinski definition) is 5. The van der Waals surface area contributed by atoms with Gasteiger partial charge in [-0.3, -0.25) is 9.59 Å². The number of ether oxygens (including phenoxy) is 4. The summed E-state index contributed by atoms with van der Waals surface area (Å²) in [5.41, 5.74) is 3.47. The van der Waals surface area contributed by atoms with Crippen LogP contribution in [0.2, 0.25) is 0 Å². The van der Waals surface area contributed by atoms with Crippen LogP contribution in [0.5, 0.6) is 0 Å². The lowest BCUT2D eigenvalue weighted by atomic mass is 9.91. The van der Waals surface area contributed by atoms with Gasteiger partial charge in [0.25, 0.3) is 0 Å². The Morgan fingerprint density at radius 2 is 1.76 bits per heavy atom. The Morgan fingerprint density at radius 3 is 2.40 bits per heavy atom. The van der Waals surface area contributed by atoms with E-state index in [4.69, 9.17) is 29.2 Å². The second-order valence-corrected chi connectivity index (χ2v) is 11.3. The fourth-order valence-corrected chi connectivity index (χ4v) is 5.77. The molecule has 1 fully saturated rings. The maximum absolute atomic E-state index is 13.4. The highest BCUT2D eigenvalue weighted by molar-refractivity contribution is 5.97. The van der Waals surface area contributed by atoms with Crippen LogP contribution in [0.15, 0.2) is 66.4 Å². The fourth-order valence-electron chi connectivity index (χ4n) is 5.77. The molecule has 5 rings (SSSR count). The zero-order valence-corrected chi connectivity index (χ0v) is 24.9. The van der Waals surface area contributed by atoms with E-state index in [0.29, 0.717) is 12.8 Å². The Labute approximate surface area is 260 Å². The molecule has 0 unspecified atom stereocenters. The summed E-state index contributed by atoms with van der Waals surface area (Å²) >= 11 is 0. The summed E-state index contributed by atoms with van der Waals surface area (Å²) in [6.07, 6.45) is 2.25. The molecule has 2 aliphatic carbocycles. The van der Waals surface area contributed by atoms with Crippen LogP contribution < -0.4 is 10.6 Å². The van der Waals surface area contributed by atoms with E-state index in [-0.39, 0.29) is 43.9 Å². The van der Waals surface area contributed by atoms with Gasteiger partial charge in [0, 0.05) is 31.4 Å². The van der Waals surface area contributed by atoms with E-state index in [2.05, 4.69) is 10.6 Å². The van der Waals surface area contributed by atoms with E-state index >= 15 is 0 Å². The number of benzene rings is 2. The van der Waals surface area contributed by atoms with Crippen molar-refractivity contribution in [1.29, 1.82) is 0 Å². The summed E-state index contributed by atoms with van der Waals surface area (Å²) in [6.45, 7) is 1.12. The van der Waals surface area contributed by atoms with Crippen LogP contribution in [0.3, 0.4) is 0 Å². The highest BCUT2D eigenvalue weighted by atomic mass is 16.8. The van der Waals surface area contributed by atoms with Gasteiger partial charge in [0.2, 0.25) is 11.8 Å². The Bertz CT molecular complexity index is 1410. The fraction of sp³-hybridized carbons (Fsp3) is 0.424. The number of amides is 2. The summed E-state index contributed by atoms with van der Waals surface area (Å²) in [5, 5.41) is 33.1. The molecule has 0 bridgehead atoms. The van der Waals surface area contributed by atoms with Crippen LogP contribution in [0.4, 0.5) is 0 Å². The van der Waals surface area contributed by atoms with E-state index < -0.39 is 54.0 Å². The summed E-state index contributed by atoms with van der Waals surface area (Å²) < 4.78 is 24.1. The number of nitrogens with one attached hydrogen (secondary N) is 2. The number of fused-ring (bicyclic) bond motifs is 2. The van der Waals surface area contributed by atoms with Crippen molar-refractivity contribution < 1.29 is 48.7 Å². The Hall–Kier alpha value is -4.07. The Kier molecular flexibility index (Phi) is 10.3. The first-order valence-electron chi connectivity index (χ1n) is 14.9. The number of esters is 1. The Balaban J connectivity index is 1.34. The van der Waals surface area contributed by atoms with E-state index in [1.165, 1.54) is 13.2 Å². The van der Waals surface area contributed by atoms with Crippen LogP contribution >= 0.6 is 0 Å². The highest BCUT2D eigenvalue weighted by Crippen LogP contribution is 2.45. The topological polar surface area (TPSA) is 173 Å². The van der Waals surface area contributed by atoms with Crippen molar-refractivity contribution in [1.82, 2.24) is 10.6 Å². The molecule has 1 spiro atoms. The van der Waals surface area contributed by atoms with Gasteiger partial charge in [-0.25, -0.2) is 4.79 Å². The van der Waals surface area contributed by atoms with Crippen LogP contribution in [-0.2, 0) is 41.4 Å².